The minimum atomic E-state index is -0.403. The van der Waals surface area contributed by atoms with Crippen molar-refractivity contribution in [1.29, 1.82) is 0 Å². The van der Waals surface area contributed by atoms with Gasteiger partial charge in [-0.2, -0.15) is 0 Å². The zero-order chi connectivity index (χ0) is 23.0. The standard InChI is InChI=1S/C30H39NO2/c1-18(2)20-8-10-21(11-9-20)28-25-26(30(33-28)14-5-6-15-30)24-22(31-27(25)19(3)4)16-29(12-7-13-29)17-23(24)32/h8-11,18-19,23,28,32H,5-7,12-17H2,1-4H3. The van der Waals surface area contributed by atoms with E-state index in [0.29, 0.717) is 11.8 Å². The lowest BCUT2D eigenvalue weighted by molar-refractivity contribution is -0.0586. The molecule has 0 saturated heterocycles. The van der Waals surface area contributed by atoms with Gasteiger partial charge >= 0.3 is 0 Å². The molecule has 0 radical (unpaired) electrons. The lowest BCUT2D eigenvalue weighted by Gasteiger charge is -2.47. The summed E-state index contributed by atoms with van der Waals surface area (Å²) in [6, 6.07) is 9.06. The second-order valence-electron chi connectivity index (χ2n) is 12.1. The fourth-order valence-corrected chi connectivity index (χ4v) is 7.32. The van der Waals surface area contributed by atoms with Gasteiger partial charge in [0.2, 0.25) is 0 Å². The maximum Gasteiger partial charge on any atom is 0.111 e. The largest absolute Gasteiger partial charge is 0.388 e. The molecule has 2 heterocycles. The van der Waals surface area contributed by atoms with Crippen LogP contribution >= 0.6 is 0 Å². The molecule has 4 aliphatic rings. The van der Waals surface area contributed by atoms with Crippen LogP contribution in [-0.4, -0.2) is 10.1 Å². The zero-order valence-corrected chi connectivity index (χ0v) is 20.8. The second-order valence-corrected chi connectivity index (χ2v) is 12.1. The van der Waals surface area contributed by atoms with E-state index in [9.17, 15) is 5.11 Å². The highest BCUT2D eigenvalue weighted by Gasteiger charge is 2.54. The molecule has 3 aliphatic carbocycles. The average Bonchev–Trinajstić information content (AvgIpc) is 3.37. The Balaban J connectivity index is 1.56. The van der Waals surface area contributed by atoms with E-state index in [2.05, 4.69) is 52.0 Å². The summed E-state index contributed by atoms with van der Waals surface area (Å²) < 4.78 is 7.11. The summed E-state index contributed by atoms with van der Waals surface area (Å²) >= 11 is 0. The molecule has 2 saturated carbocycles. The first-order valence-electron chi connectivity index (χ1n) is 13.4. The first-order chi connectivity index (χ1) is 15.8. The van der Waals surface area contributed by atoms with Crippen molar-refractivity contribution in [3.63, 3.8) is 0 Å². The normalized spacial score (nSPS) is 26.8. The van der Waals surface area contributed by atoms with Gasteiger partial charge < -0.3 is 9.84 Å². The Labute approximate surface area is 199 Å². The van der Waals surface area contributed by atoms with Crippen molar-refractivity contribution in [3.8, 4) is 0 Å². The van der Waals surface area contributed by atoms with Crippen LogP contribution in [0, 0.1) is 5.41 Å². The number of pyridine rings is 1. The summed E-state index contributed by atoms with van der Waals surface area (Å²) in [6.07, 6.45) is 9.76. The number of hydrogen-bond acceptors (Lipinski definition) is 3. The fraction of sp³-hybridized carbons (Fsp3) is 0.633. The third-order valence-electron chi connectivity index (χ3n) is 9.22. The number of aromatic nitrogens is 1. The number of rotatable bonds is 3. The quantitative estimate of drug-likeness (QED) is 0.536. The minimum absolute atomic E-state index is 0.0821. The van der Waals surface area contributed by atoms with Gasteiger partial charge in [0.25, 0.3) is 0 Å². The summed E-state index contributed by atoms with van der Waals surface area (Å²) in [5, 5.41) is 11.6. The van der Waals surface area contributed by atoms with Crippen LogP contribution in [0.15, 0.2) is 24.3 Å². The summed E-state index contributed by atoms with van der Waals surface area (Å²) in [4.78, 5) is 5.35. The van der Waals surface area contributed by atoms with Crippen molar-refractivity contribution < 1.29 is 9.84 Å². The topological polar surface area (TPSA) is 42.4 Å². The monoisotopic (exact) mass is 445 g/mol. The summed E-state index contributed by atoms with van der Waals surface area (Å²) in [7, 11) is 0. The Morgan fingerprint density at radius 2 is 1.61 bits per heavy atom. The molecule has 2 spiro atoms. The molecule has 0 bridgehead atoms. The maximum absolute atomic E-state index is 11.6. The molecule has 2 fully saturated rings. The lowest BCUT2D eigenvalue weighted by atomic mass is 9.59. The van der Waals surface area contributed by atoms with Crippen molar-refractivity contribution in [2.24, 2.45) is 5.41 Å². The number of nitrogens with zero attached hydrogens (tertiary/aromatic N) is 1. The molecule has 2 aromatic rings. The first kappa shape index (κ1) is 21.8. The van der Waals surface area contributed by atoms with Gasteiger partial charge in [-0.05, 0) is 72.5 Å². The van der Waals surface area contributed by atoms with E-state index in [0.717, 1.165) is 31.2 Å². The van der Waals surface area contributed by atoms with Crippen molar-refractivity contribution in [2.45, 2.75) is 115 Å². The van der Waals surface area contributed by atoms with E-state index in [1.807, 2.05) is 0 Å². The van der Waals surface area contributed by atoms with Crippen molar-refractivity contribution in [3.05, 3.63) is 63.5 Å². The Morgan fingerprint density at radius 3 is 2.18 bits per heavy atom. The Morgan fingerprint density at radius 1 is 0.909 bits per heavy atom. The van der Waals surface area contributed by atoms with Crippen LogP contribution in [0.1, 0.15) is 142 Å². The molecule has 33 heavy (non-hydrogen) atoms. The van der Waals surface area contributed by atoms with Crippen molar-refractivity contribution in [1.82, 2.24) is 4.98 Å². The van der Waals surface area contributed by atoms with Gasteiger partial charge in [-0.25, -0.2) is 0 Å². The van der Waals surface area contributed by atoms with Crippen LogP contribution in [0.4, 0.5) is 0 Å². The first-order valence-corrected chi connectivity index (χ1v) is 13.4. The molecule has 0 amide bonds. The van der Waals surface area contributed by atoms with E-state index < -0.39 is 6.10 Å². The minimum Gasteiger partial charge on any atom is -0.388 e. The van der Waals surface area contributed by atoms with Gasteiger partial charge in [-0.1, -0.05) is 71.2 Å². The van der Waals surface area contributed by atoms with Gasteiger partial charge in [0, 0.05) is 22.5 Å². The average molecular weight is 446 g/mol. The van der Waals surface area contributed by atoms with Gasteiger partial charge in [-0.3, -0.25) is 4.98 Å². The molecule has 6 rings (SSSR count). The molecule has 3 heteroatoms. The maximum atomic E-state index is 11.6. The van der Waals surface area contributed by atoms with Gasteiger partial charge in [0.15, 0.2) is 0 Å². The SMILES string of the molecule is CC(C)c1ccc(C2OC3(CCCC3)c3c4c(nc(C(C)C)c32)CC2(CCC2)CC4O)cc1. The van der Waals surface area contributed by atoms with Crippen molar-refractivity contribution >= 4 is 0 Å². The van der Waals surface area contributed by atoms with E-state index in [1.54, 1.807) is 0 Å². The summed E-state index contributed by atoms with van der Waals surface area (Å²) in [5.74, 6) is 0.851. The third kappa shape index (κ3) is 3.26. The van der Waals surface area contributed by atoms with Gasteiger partial charge in [0.1, 0.15) is 6.10 Å². The predicted molar refractivity (Wildman–Crippen MR) is 131 cm³/mol. The lowest BCUT2D eigenvalue weighted by Crippen LogP contribution is -2.39. The van der Waals surface area contributed by atoms with E-state index in [1.165, 1.54) is 65.7 Å². The number of aliphatic hydroxyl groups excluding tert-OH is 1. The van der Waals surface area contributed by atoms with E-state index in [-0.39, 0.29) is 17.1 Å². The van der Waals surface area contributed by atoms with Gasteiger partial charge in [0.05, 0.1) is 11.7 Å². The highest BCUT2D eigenvalue weighted by molar-refractivity contribution is 5.54. The van der Waals surface area contributed by atoms with Crippen LogP contribution in [0.5, 0.6) is 0 Å². The number of aliphatic hydroxyl groups is 1. The predicted octanol–water partition coefficient (Wildman–Crippen LogP) is 7.37. The van der Waals surface area contributed by atoms with Crippen molar-refractivity contribution in [2.75, 3.05) is 0 Å². The van der Waals surface area contributed by atoms with Crippen LogP contribution in [-0.2, 0) is 16.8 Å². The van der Waals surface area contributed by atoms with Crippen LogP contribution < -0.4 is 0 Å². The third-order valence-corrected chi connectivity index (χ3v) is 9.22. The zero-order valence-electron chi connectivity index (χ0n) is 20.8. The summed E-state index contributed by atoms with van der Waals surface area (Å²) in [5.41, 5.74) is 8.79. The van der Waals surface area contributed by atoms with E-state index >= 15 is 0 Å². The fourth-order valence-electron chi connectivity index (χ4n) is 7.32. The Bertz CT molecular complexity index is 1060. The molecular formula is C30H39NO2. The molecule has 2 unspecified atom stereocenters. The number of ether oxygens (including phenoxy) is 1. The number of fused-ring (bicyclic) bond motifs is 4. The Hall–Kier alpha value is -1.71. The molecule has 1 N–H and O–H groups in total. The molecule has 3 nitrogen and oxygen atoms in total. The number of benzene rings is 1. The molecule has 1 aromatic carbocycles. The highest BCUT2D eigenvalue weighted by atomic mass is 16.5. The van der Waals surface area contributed by atoms with Crippen LogP contribution in [0.25, 0.3) is 0 Å². The molecular weight excluding hydrogens is 406 g/mol. The highest BCUT2D eigenvalue weighted by Crippen LogP contribution is 2.61. The molecule has 1 aliphatic heterocycles. The van der Waals surface area contributed by atoms with Crippen LogP contribution in [0.2, 0.25) is 0 Å². The van der Waals surface area contributed by atoms with Crippen LogP contribution in [0.3, 0.4) is 0 Å². The van der Waals surface area contributed by atoms with Gasteiger partial charge in [-0.15, -0.1) is 0 Å². The smallest absolute Gasteiger partial charge is 0.111 e. The second kappa shape index (κ2) is 7.65. The molecule has 176 valence electrons. The number of hydrogen-bond donors (Lipinski definition) is 1. The Kier molecular flexibility index (Phi) is 5.05. The van der Waals surface area contributed by atoms with E-state index in [4.69, 9.17) is 9.72 Å². The summed E-state index contributed by atoms with van der Waals surface area (Å²) in [6.45, 7) is 9.03. The molecule has 1 aromatic heterocycles. The molecule has 2 atom stereocenters.